The van der Waals surface area contributed by atoms with Crippen molar-refractivity contribution in [2.75, 3.05) is 0 Å². The second-order valence-electron chi connectivity index (χ2n) is 5.71. The second-order valence-corrected chi connectivity index (χ2v) is 6.15. The van der Waals surface area contributed by atoms with Crippen LogP contribution in [0.15, 0.2) is 30.6 Å². The number of hydrogen-bond acceptors (Lipinski definition) is 3. The van der Waals surface area contributed by atoms with Gasteiger partial charge in [0.15, 0.2) is 0 Å². The van der Waals surface area contributed by atoms with E-state index in [0.717, 1.165) is 17.9 Å². The Labute approximate surface area is 124 Å². The number of aromatic nitrogens is 3. The van der Waals surface area contributed by atoms with Crippen molar-refractivity contribution in [2.45, 2.75) is 39.3 Å². The summed E-state index contributed by atoms with van der Waals surface area (Å²) in [5.74, 6) is 1.26. The van der Waals surface area contributed by atoms with E-state index in [-0.39, 0.29) is 0 Å². The monoisotopic (exact) mass is 293 g/mol. The van der Waals surface area contributed by atoms with E-state index in [0.29, 0.717) is 17.4 Å². The molecule has 0 bridgehead atoms. The summed E-state index contributed by atoms with van der Waals surface area (Å²) in [6.07, 6.45) is 1.94. The van der Waals surface area contributed by atoms with E-state index >= 15 is 0 Å². The fourth-order valence-corrected chi connectivity index (χ4v) is 2.35. The molecule has 0 fully saturated rings. The SMILES string of the molecule is CC(C)Cn1ncnc1CC(C)(O)c1cccc(Cl)c1. The molecular weight excluding hydrogens is 274 g/mol. The predicted octanol–water partition coefficient (Wildman–Crippen LogP) is 3.04. The average molecular weight is 294 g/mol. The van der Waals surface area contributed by atoms with Crippen LogP contribution in [-0.2, 0) is 18.6 Å². The van der Waals surface area contributed by atoms with Gasteiger partial charge in [-0.05, 0) is 30.5 Å². The van der Waals surface area contributed by atoms with Crippen LogP contribution in [0.5, 0.6) is 0 Å². The third kappa shape index (κ3) is 3.58. The molecule has 0 aliphatic heterocycles. The number of rotatable bonds is 5. The number of aliphatic hydroxyl groups is 1. The van der Waals surface area contributed by atoms with Crippen LogP contribution in [0.25, 0.3) is 0 Å². The summed E-state index contributed by atoms with van der Waals surface area (Å²) >= 11 is 5.99. The first-order valence-corrected chi connectivity index (χ1v) is 7.11. The summed E-state index contributed by atoms with van der Waals surface area (Å²) in [5, 5.41) is 15.5. The van der Waals surface area contributed by atoms with Gasteiger partial charge in [0.2, 0.25) is 0 Å². The molecule has 0 saturated carbocycles. The predicted molar refractivity (Wildman–Crippen MR) is 79.6 cm³/mol. The summed E-state index contributed by atoms with van der Waals surface area (Å²) in [6, 6.07) is 7.28. The van der Waals surface area contributed by atoms with Crippen molar-refractivity contribution in [1.29, 1.82) is 0 Å². The number of nitrogens with zero attached hydrogens (tertiary/aromatic N) is 3. The van der Waals surface area contributed by atoms with Crippen molar-refractivity contribution >= 4 is 11.6 Å². The molecule has 4 nitrogen and oxygen atoms in total. The van der Waals surface area contributed by atoms with Gasteiger partial charge in [0.05, 0.1) is 5.60 Å². The molecule has 1 heterocycles. The topological polar surface area (TPSA) is 50.9 Å². The zero-order chi connectivity index (χ0) is 14.8. The highest BCUT2D eigenvalue weighted by molar-refractivity contribution is 6.30. The molecule has 0 radical (unpaired) electrons. The van der Waals surface area contributed by atoms with Gasteiger partial charge in [-0.25, -0.2) is 9.67 Å². The van der Waals surface area contributed by atoms with Crippen LogP contribution in [0.1, 0.15) is 32.2 Å². The molecule has 108 valence electrons. The standard InChI is InChI=1S/C15H20ClN3O/c1-11(2)9-19-14(17-10-18-19)8-15(3,20)12-5-4-6-13(16)7-12/h4-7,10-11,20H,8-9H2,1-3H3. The lowest BCUT2D eigenvalue weighted by atomic mass is 9.92. The molecule has 1 N–H and O–H groups in total. The van der Waals surface area contributed by atoms with Crippen LogP contribution < -0.4 is 0 Å². The lowest BCUT2D eigenvalue weighted by molar-refractivity contribution is 0.0540. The van der Waals surface area contributed by atoms with Crippen LogP contribution in [0.3, 0.4) is 0 Å². The van der Waals surface area contributed by atoms with Crippen molar-refractivity contribution < 1.29 is 5.11 Å². The van der Waals surface area contributed by atoms with E-state index in [2.05, 4.69) is 23.9 Å². The maximum Gasteiger partial charge on any atom is 0.138 e. The molecule has 1 aromatic carbocycles. The van der Waals surface area contributed by atoms with E-state index < -0.39 is 5.60 Å². The van der Waals surface area contributed by atoms with Crippen LogP contribution >= 0.6 is 11.6 Å². The molecule has 1 aromatic heterocycles. The van der Waals surface area contributed by atoms with Gasteiger partial charge in [-0.15, -0.1) is 0 Å². The first kappa shape index (κ1) is 15.0. The Bertz CT molecular complexity index is 578. The van der Waals surface area contributed by atoms with Gasteiger partial charge in [-0.2, -0.15) is 5.10 Å². The molecule has 0 aliphatic carbocycles. The molecule has 0 saturated heterocycles. The highest BCUT2D eigenvalue weighted by Gasteiger charge is 2.26. The highest BCUT2D eigenvalue weighted by Crippen LogP contribution is 2.26. The van der Waals surface area contributed by atoms with E-state index in [9.17, 15) is 5.11 Å². The molecule has 1 atom stereocenters. The van der Waals surface area contributed by atoms with Crippen molar-refractivity contribution in [2.24, 2.45) is 5.92 Å². The Hall–Kier alpha value is -1.39. The normalized spacial score (nSPS) is 14.5. The van der Waals surface area contributed by atoms with E-state index in [4.69, 9.17) is 11.6 Å². The number of benzene rings is 1. The average Bonchev–Trinajstić information content (AvgIpc) is 2.75. The Morgan fingerprint density at radius 1 is 1.40 bits per heavy atom. The zero-order valence-corrected chi connectivity index (χ0v) is 12.8. The van der Waals surface area contributed by atoms with Crippen LogP contribution in [0, 0.1) is 5.92 Å². The summed E-state index contributed by atoms with van der Waals surface area (Å²) < 4.78 is 1.85. The van der Waals surface area contributed by atoms with Gasteiger partial charge in [-0.3, -0.25) is 0 Å². The van der Waals surface area contributed by atoms with Crippen molar-refractivity contribution in [3.05, 3.63) is 47.0 Å². The summed E-state index contributed by atoms with van der Waals surface area (Å²) in [4.78, 5) is 4.26. The fourth-order valence-electron chi connectivity index (χ4n) is 2.16. The molecular formula is C15H20ClN3O. The third-order valence-corrected chi connectivity index (χ3v) is 3.42. The minimum absolute atomic E-state index is 0.403. The summed E-state index contributed by atoms with van der Waals surface area (Å²) in [6.45, 7) is 6.81. The van der Waals surface area contributed by atoms with Gasteiger partial charge in [0, 0.05) is 18.0 Å². The molecule has 0 amide bonds. The summed E-state index contributed by atoms with van der Waals surface area (Å²) in [7, 11) is 0. The Balaban J connectivity index is 2.22. The molecule has 2 rings (SSSR count). The maximum absolute atomic E-state index is 10.7. The lowest BCUT2D eigenvalue weighted by Gasteiger charge is -2.24. The number of halogens is 1. The van der Waals surface area contributed by atoms with Crippen molar-refractivity contribution in [1.82, 2.24) is 14.8 Å². The molecule has 5 heteroatoms. The molecule has 0 aliphatic rings. The first-order chi connectivity index (χ1) is 9.38. The van der Waals surface area contributed by atoms with Gasteiger partial charge in [0.25, 0.3) is 0 Å². The van der Waals surface area contributed by atoms with E-state index in [1.54, 1.807) is 19.1 Å². The van der Waals surface area contributed by atoms with E-state index in [1.165, 1.54) is 6.33 Å². The molecule has 1 unspecified atom stereocenters. The molecule has 0 spiro atoms. The zero-order valence-electron chi connectivity index (χ0n) is 12.0. The summed E-state index contributed by atoms with van der Waals surface area (Å²) in [5.41, 5.74) is -0.240. The maximum atomic E-state index is 10.7. The largest absolute Gasteiger partial charge is 0.385 e. The van der Waals surface area contributed by atoms with Gasteiger partial charge in [-0.1, -0.05) is 37.6 Å². The van der Waals surface area contributed by atoms with Crippen LogP contribution in [0.4, 0.5) is 0 Å². The lowest BCUT2D eigenvalue weighted by Crippen LogP contribution is -2.27. The van der Waals surface area contributed by atoms with Crippen molar-refractivity contribution in [3.8, 4) is 0 Å². The van der Waals surface area contributed by atoms with Gasteiger partial charge >= 0.3 is 0 Å². The Morgan fingerprint density at radius 3 is 2.80 bits per heavy atom. The Kier molecular flexibility index (Phi) is 4.45. The van der Waals surface area contributed by atoms with Crippen LogP contribution in [-0.4, -0.2) is 19.9 Å². The highest BCUT2D eigenvalue weighted by atomic mass is 35.5. The van der Waals surface area contributed by atoms with Crippen LogP contribution in [0.2, 0.25) is 5.02 Å². The second kappa shape index (κ2) is 5.94. The van der Waals surface area contributed by atoms with Gasteiger partial charge in [0.1, 0.15) is 12.2 Å². The molecule has 20 heavy (non-hydrogen) atoms. The first-order valence-electron chi connectivity index (χ1n) is 6.73. The van der Waals surface area contributed by atoms with Crippen molar-refractivity contribution in [3.63, 3.8) is 0 Å². The smallest absolute Gasteiger partial charge is 0.138 e. The van der Waals surface area contributed by atoms with Gasteiger partial charge < -0.3 is 5.11 Å². The minimum atomic E-state index is -1.02. The number of hydrogen-bond donors (Lipinski definition) is 1. The quantitative estimate of drug-likeness (QED) is 0.922. The Morgan fingerprint density at radius 2 is 2.15 bits per heavy atom. The fraction of sp³-hybridized carbons (Fsp3) is 0.467. The molecule has 2 aromatic rings. The third-order valence-electron chi connectivity index (χ3n) is 3.18. The minimum Gasteiger partial charge on any atom is -0.385 e. The van der Waals surface area contributed by atoms with E-state index in [1.807, 2.05) is 16.8 Å².